The molecule has 0 N–H and O–H groups in total. The fourth-order valence-corrected chi connectivity index (χ4v) is 1.42. The number of hydrogen-bond acceptors (Lipinski definition) is 4. The Morgan fingerprint density at radius 2 is 2.45 bits per heavy atom. The van der Waals surface area contributed by atoms with Crippen molar-refractivity contribution in [1.29, 1.82) is 0 Å². The van der Waals surface area contributed by atoms with E-state index in [4.69, 9.17) is 16.3 Å². The van der Waals surface area contributed by atoms with E-state index >= 15 is 0 Å². The monoisotopic (exact) mass is 192 g/mol. The number of halogens is 1. The molecule has 0 spiro atoms. The molecule has 0 atom stereocenters. The first-order valence-electron chi connectivity index (χ1n) is 3.38. The molecule has 0 fully saturated rings. The van der Waals surface area contributed by atoms with Gasteiger partial charge in [0.1, 0.15) is 5.01 Å². The van der Waals surface area contributed by atoms with Crippen molar-refractivity contribution in [2.75, 3.05) is 13.2 Å². The van der Waals surface area contributed by atoms with Gasteiger partial charge in [-0.3, -0.25) is 0 Å². The summed E-state index contributed by atoms with van der Waals surface area (Å²) in [5.74, 6) is 0. The molecule has 62 valence electrons. The van der Waals surface area contributed by atoms with Crippen LogP contribution in [0.15, 0.2) is 0 Å². The van der Waals surface area contributed by atoms with Crippen LogP contribution in [0.25, 0.3) is 0 Å². The van der Waals surface area contributed by atoms with Crippen molar-refractivity contribution in [2.24, 2.45) is 0 Å². The number of aromatic nitrogens is 2. The van der Waals surface area contributed by atoms with Crippen LogP contribution in [0.2, 0.25) is 5.28 Å². The topological polar surface area (TPSA) is 35.0 Å². The molecule has 5 heteroatoms. The van der Waals surface area contributed by atoms with E-state index in [0.717, 1.165) is 18.0 Å². The quantitative estimate of drug-likeness (QED) is 0.683. The van der Waals surface area contributed by atoms with E-state index in [1.807, 2.05) is 6.92 Å². The van der Waals surface area contributed by atoms with Crippen molar-refractivity contribution >= 4 is 23.1 Å². The molecule has 3 nitrogen and oxygen atoms in total. The van der Waals surface area contributed by atoms with Gasteiger partial charge in [0.25, 0.3) is 0 Å². The lowest BCUT2D eigenvalue weighted by molar-refractivity contribution is 0.151. The number of ether oxygens (including phenoxy) is 1. The highest BCUT2D eigenvalue weighted by molar-refractivity contribution is 7.05. The van der Waals surface area contributed by atoms with Gasteiger partial charge in [0, 0.05) is 13.0 Å². The fourth-order valence-electron chi connectivity index (χ4n) is 0.639. The zero-order valence-electron chi connectivity index (χ0n) is 6.21. The van der Waals surface area contributed by atoms with Gasteiger partial charge in [-0.2, -0.15) is 4.37 Å². The van der Waals surface area contributed by atoms with Gasteiger partial charge < -0.3 is 4.74 Å². The number of hydrogen-bond donors (Lipinski definition) is 0. The number of nitrogens with zero attached hydrogens (tertiary/aromatic N) is 2. The molecule has 0 saturated carbocycles. The molecule has 0 unspecified atom stereocenters. The highest BCUT2D eigenvalue weighted by atomic mass is 35.5. The summed E-state index contributed by atoms with van der Waals surface area (Å²) in [5, 5.41) is 1.27. The van der Waals surface area contributed by atoms with Crippen LogP contribution in [-0.2, 0) is 11.2 Å². The van der Waals surface area contributed by atoms with Crippen LogP contribution >= 0.6 is 23.1 Å². The van der Waals surface area contributed by atoms with Crippen LogP contribution in [0.5, 0.6) is 0 Å². The molecular formula is C6H9ClN2OS. The molecule has 0 aliphatic carbocycles. The lowest BCUT2D eigenvalue weighted by Crippen LogP contribution is -1.96. The molecule has 0 aliphatic heterocycles. The molecule has 11 heavy (non-hydrogen) atoms. The van der Waals surface area contributed by atoms with Crippen molar-refractivity contribution in [3.63, 3.8) is 0 Å². The largest absolute Gasteiger partial charge is 0.381 e. The molecule has 1 aromatic rings. The van der Waals surface area contributed by atoms with E-state index in [1.54, 1.807) is 0 Å². The summed E-state index contributed by atoms with van der Waals surface area (Å²) in [7, 11) is 0. The second kappa shape index (κ2) is 4.64. The molecular weight excluding hydrogens is 184 g/mol. The van der Waals surface area contributed by atoms with Gasteiger partial charge in [-0.05, 0) is 30.1 Å². The Bertz CT molecular complexity index is 216. The van der Waals surface area contributed by atoms with Crippen LogP contribution in [0, 0.1) is 0 Å². The number of rotatable bonds is 4. The van der Waals surface area contributed by atoms with Gasteiger partial charge in [-0.25, -0.2) is 4.98 Å². The van der Waals surface area contributed by atoms with Gasteiger partial charge >= 0.3 is 0 Å². The van der Waals surface area contributed by atoms with Crippen molar-refractivity contribution in [2.45, 2.75) is 13.3 Å². The molecule has 0 radical (unpaired) electrons. The van der Waals surface area contributed by atoms with Crippen molar-refractivity contribution in [3.05, 3.63) is 10.3 Å². The smallest absolute Gasteiger partial charge is 0.234 e. The Balaban J connectivity index is 2.27. The molecule has 0 saturated heterocycles. The Morgan fingerprint density at radius 1 is 1.64 bits per heavy atom. The summed E-state index contributed by atoms with van der Waals surface area (Å²) in [6.07, 6.45) is 0.804. The van der Waals surface area contributed by atoms with Crippen LogP contribution in [-0.4, -0.2) is 22.6 Å². The van der Waals surface area contributed by atoms with Gasteiger partial charge in [0.2, 0.25) is 5.28 Å². The predicted octanol–water partition coefficient (Wildman–Crippen LogP) is 1.77. The minimum atomic E-state index is 0.335. The van der Waals surface area contributed by atoms with E-state index < -0.39 is 0 Å². The summed E-state index contributed by atoms with van der Waals surface area (Å²) in [5.41, 5.74) is 0. The van der Waals surface area contributed by atoms with E-state index in [9.17, 15) is 0 Å². The average Bonchev–Trinajstić information content (AvgIpc) is 2.37. The Labute approximate surface area is 74.5 Å². The van der Waals surface area contributed by atoms with Crippen molar-refractivity contribution in [3.8, 4) is 0 Å². The normalized spacial score (nSPS) is 10.4. The van der Waals surface area contributed by atoms with E-state index in [2.05, 4.69) is 9.36 Å². The van der Waals surface area contributed by atoms with Crippen LogP contribution in [0.3, 0.4) is 0 Å². The fraction of sp³-hybridized carbons (Fsp3) is 0.667. The van der Waals surface area contributed by atoms with Crippen LogP contribution < -0.4 is 0 Å². The highest BCUT2D eigenvalue weighted by Crippen LogP contribution is 2.09. The summed E-state index contributed by atoms with van der Waals surface area (Å²) in [6, 6.07) is 0. The molecule has 0 aliphatic rings. The first-order chi connectivity index (χ1) is 5.33. The third-order valence-electron chi connectivity index (χ3n) is 1.11. The lowest BCUT2D eigenvalue weighted by atomic mass is 10.5. The highest BCUT2D eigenvalue weighted by Gasteiger charge is 1.99. The zero-order valence-corrected chi connectivity index (χ0v) is 7.78. The third kappa shape index (κ3) is 3.14. The van der Waals surface area contributed by atoms with Crippen molar-refractivity contribution < 1.29 is 4.74 Å². The Kier molecular flexibility index (Phi) is 3.76. The third-order valence-corrected chi connectivity index (χ3v) is 2.15. The van der Waals surface area contributed by atoms with E-state index in [1.165, 1.54) is 11.5 Å². The second-order valence-corrected chi connectivity index (χ2v) is 3.08. The molecule has 1 heterocycles. The first-order valence-corrected chi connectivity index (χ1v) is 4.54. The lowest BCUT2D eigenvalue weighted by Gasteiger charge is -1.95. The minimum absolute atomic E-state index is 0.335. The van der Waals surface area contributed by atoms with Crippen LogP contribution in [0.1, 0.15) is 11.9 Å². The van der Waals surface area contributed by atoms with Gasteiger partial charge in [0.05, 0.1) is 6.61 Å². The SMILES string of the molecule is CCOCCc1nc(Cl)ns1. The Morgan fingerprint density at radius 3 is 3.00 bits per heavy atom. The maximum Gasteiger partial charge on any atom is 0.234 e. The summed E-state index contributed by atoms with van der Waals surface area (Å²) < 4.78 is 8.98. The van der Waals surface area contributed by atoms with Gasteiger partial charge in [0.15, 0.2) is 0 Å². The summed E-state index contributed by atoms with van der Waals surface area (Å²) in [6.45, 7) is 3.40. The van der Waals surface area contributed by atoms with Crippen molar-refractivity contribution in [1.82, 2.24) is 9.36 Å². The van der Waals surface area contributed by atoms with Gasteiger partial charge in [-0.15, -0.1) is 0 Å². The molecule has 0 aromatic carbocycles. The van der Waals surface area contributed by atoms with E-state index in [-0.39, 0.29) is 0 Å². The van der Waals surface area contributed by atoms with Gasteiger partial charge in [-0.1, -0.05) is 0 Å². The van der Waals surface area contributed by atoms with E-state index in [0.29, 0.717) is 11.9 Å². The summed E-state index contributed by atoms with van der Waals surface area (Å²) in [4.78, 5) is 3.98. The Hall–Kier alpha value is -0.190. The molecule has 1 rings (SSSR count). The maximum atomic E-state index is 5.52. The van der Waals surface area contributed by atoms with Crippen LogP contribution in [0.4, 0.5) is 0 Å². The zero-order chi connectivity index (χ0) is 8.10. The average molecular weight is 193 g/mol. The standard InChI is InChI=1S/C6H9ClN2OS/c1-2-10-4-3-5-8-6(7)9-11-5/h2-4H2,1H3. The molecule has 0 bridgehead atoms. The first kappa shape index (κ1) is 8.90. The minimum Gasteiger partial charge on any atom is -0.381 e. The molecule has 0 amide bonds. The summed E-state index contributed by atoms with van der Waals surface area (Å²) >= 11 is 6.85. The molecule has 1 aromatic heterocycles. The predicted molar refractivity (Wildman–Crippen MR) is 45.1 cm³/mol. The second-order valence-electron chi connectivity index (χ2n) is 1.90. The maximum absolute atomic E-state index is 5.52.